The lowest BCUT2D eigenvalue weighted by atomic mass is 9.87. The van der Waals surface area contributed by atoms with Crippen LogP contribution in [-0.4, -0.2) is 19.5 Å². The van der Waals surface area contributed by atoms with Gasteiger partial charge in [-0.3, -0.25) is 4.79 Å². The largest absolute Gasteiger partial charge is 0.373 e. The predicted molar refractivity (Wildman–Crippen MR) is 116 cm³/mol. The molecule has 142 valence electrons. The fourth-order valence-corrected chi connectivity index (χ4v) is 3.71. The van der Waals surface area contributed by atoms with Gasteiger partial charge in [0.25, 0.3) is 0 Å². The third kappa shape index (κ3) is 4.24. The molecule has 0 saturated heterocycles. The minimum absolute atomic E-state index is 0.116. The summed E-state index contributed by atoms with van der Waals surface area (Å²) >= 11 is 0. The van der Waals surface area contributed by atoms with E-state index in [0.717, 1.165) is 17.8 Å². The summed E-state index contributed by atoms with van der Waals surface area (Å²) in [5.41, 5.74) is 5.94. The van der Waals surface area contributed by atoms with E-state index < -0.39 is 0 Å². The molecule has 27 heavy (non-hydrogen) atoms. The number of fused-ring (bicyclic) bond motifs is 1. The Hall–Kier alpha value is -2.55. The highest BCUT2D eigenvalue weighted by Gasteiger charge is 2.33. The van der Waals surface area contributed by atoms with E-state index in [2.05, 4.69) is 88.3 Å². The smallest absolute Gasteiger partial charge is 0.248 e. The molecule has 0 spiro atoms. The van der Waals surface area contributed by atoms with Crippen LogP contribution in [0.1, 0.15) is 51.3 Å². The second-order valence-corrected chi connectivity index (χ2v) is 9.17. The lowest BCUT2D eigenvalue weighted by molar-refractivity contribution is -0.111. The standard InChI is InChI=1S/C24H30N2O/c1-23(2,3)18-10-7-17(8-11-18)9-14-22(27)25-19-12-13-20-21(15-19)26(6)16-24(20,4)5/h7-15H,16H2,1-6H3,(H,25,27)/b14-9+. The van der Waals surface area contributed by atoms with Gasteiger partial charge in [0, 0.05) is 36.5 Å². The summed E-state index contributed by atoms with van der Waals surface area (Å²) in [4.78, 5) is 14.6. The molecule has 0 aliphatic carbocycles. The molecule has 1 heterocycles. The first kappa shape index (κ1) is 19.2. The molecule has 0 radical (unpaired) electrons. The average molecular weight is 363 g/mol. The third-order valence-electron chi connectivity index (χ3n) is 5.24. The third-order valence-corrected chi connectivity index (χ3v) is 5.24. The Morgan fingerprint density at radius 3 is 2.41 bits per heavy atom. The zero-order chi connectivity index (χ0) is 19.8. The van der Waals surface area contributed by atoms with E-state index in [4.69, 9.17) is 0 Å². The topological polar surface area (TPSA) is 32.3 Å². The zero-order valence-electron chi connectivity index (χ0n) is 17.3. The molecule has 3 rings (SSSR count). The molecule has 1 amide bonds. The fraction of sp³-hybridized carbons (Fsp3) is 0.375. The van der Waals surface area contributed by atoms with Gasteiger partial charge in [-0.1, -0.05) is 65.0 Å². The van der Waals surface area contributed by atoms with Crippen LogP contribution in [-0.2, 0) is 15.6 Å². The molecule has 0 fully saturated rings. The number of nitrogens with one attached hydrogen (secondary N) is 1. The molecule has 1 aliphatic heterocycles. The van der Waals surface area contributed by atoms with E-state index in [-0.39, 0.29) is 16.7 Å². The van der Waals surface area contributed by atoms with Gasteiger partial charge < -0.3 is 10.2 Å². The number of nitrogens with zero attached hydrogens (tertiary/aromatic N) is 1. The van der Waals surface area contributed by atoms with E-state index in [0.29, 0.717) is 0 Å². The molecule has 1 N–H and O–H groups in total. The lowest BCUT2D eigenvalue weighted by Gasteiger charge is -2.18. The average Bonchev–Trinajstić information content (AvgIpc) is 2.81. The molecule has 0 atom stereocenters. The van der Waals surface area contributed by atoms with E-state index in [1.54, 1.807) is 6.08 Å². The van der Waals surface area contributed by atoms with E-state index >= 15 is 0 Å². The van der Waals surface area contributed by atoms with Crippen LogP contribution in [0, 0.1) is 0 Å². The highest BCUT2D eigenvalue weighted by Crippen LogP contribution is 2.40. The quantitative estimate of drug-likeness (QED) is 0.745. The van der Waals surface area contributed by atoms with Gasteiger partial charge in [-0.2, -0.15) is 0 Å². The summed E-state index contributed by atoms with van der Waals surface area (Å²) < 4.78 is 0. The SMILES string of the molecule is CN1CC(C)(C)c2ccc(NC(=O)/C=C/c3ccc(C(C)(C)C)cc3)cc21. The van der Waals surface area contributed by atoms with Crippen molar-refractivity contribution >= 4 is 23.4 Å². The molecule has 0 saturated carbocycles. The Kier molecular flexibility index (Phi) is 4.90. The zero-order valence-corrected chi connectivity index (χ0v) is 17.3. The predicted octanol–water partition coefficient (Wildman–Crippen LogP) is 5.36. The summed E-state index contributed by atoms with van der Waals surface area (Å²) in [6, 6.07) is 14.5. The molecule has 2 aromatic carbocycles. The lowest BCUT2D eigenvalue weighted by Crippen LogP contribution is -2.24. The first-order valence-electron chi connectivity index (χ1n) is 9.51. The number of carbonyl (C=O) groups excluding carboxylic acids is 1. The molecule has 0 unspecified atom stereocenters. The van der Waals surface area contributed by atoms with Crippen molar-refractivity contribution in [3.63, 3.8) is 0 Å². The van der Waals surface area contributed by atoms with Crippen molar-refractivity contribution in [3.8, 4) is 0 Å². The Morgan fingerprint density at radius 1 is 1.11 bits per heavy atom. The molecule has 1 aliphatic rings. The minimum atomic E-state index is -0.116. The van der Waals surface area contributed by atoms with Crippen LogP contribution in [0.4, 0.5) is 11.4 Å². The Bertz CT molecular complexity index is 870. The van der Waals surface area contributed by atoms with Crippen LogP contribution < -0.4 is 10.2 Å². The number of carbonyl (C=O) groups is 1. The molecule has 0 aromatic heterocycles. The van der Waals surface area contributed by atoms with E-state index in [1.165, 1.54) is 16.8 Å². The number of anilines is 2. The van der Waals surface area contributed by atoms with Crippen molar-refractivity contribution in [2.24, 2.45) is 0 Å². The maximum Gasteiger partial charge on any atom is 0.248 e. The molecule has 0 bridgehead atoms. The normalized spacial score (nSPS) is 15.9. The van der Waals surface area contributed by atoms with Crippen molar-refractivity contribution < 1.29 is 4.79 Å². The van der Waals surface area contributed by atoms with Crippen LogP contribution in [0.2, 0.25) is 0 Å². The Labute approximate surface area is 163 Å². The van der Waals surface area contributed by atoms with Gasteiger partial charge in [-0.05, 0) is 40.3 Å². The van der Waals surface area contributed by atoms with Crippen molar-refractivity contribution in [3.05, 3.63) is 65.2 Å². The van der Waals surface area contributed by atoms with Gasteiger partial charge in [-0.25, -0.2) is 0 Å². The molecular weight excluding hydrogens is 332 g/mol. The number of benzene rings is 2. The van der Waals surface area contributed by atoms with E-state index in [9.17, 15) is 4.79 Å². The Morgan fingerprint density at radius 2 is 1.78 bits per heavy atom. The van der Waals surface area contributed by atoms with Crippen LogP contribution in [0.5, 0.6) is 0 Å². The summed E-state index contributed by atoms with van der Waals surface area (Å²) in [6.07, 6.45) is 3.44. The van der Waals surface area contributed by atoms with Crippen LogP contribution in [0.15, 0.2) is 48.5 Å². The maximum atomic E-state index is 12.3. The summed E-state index contributed by atoms with van der Waals surface area (Å²) in [5, 5.41) is 2.97. The first-order chi connectivity index (χ1) is 12.6. The molecule has 2 aromatic rings. The number of hydrogen-bond acceptors (Lipinski definition) is 2. The van der Waals surface area contributed by atoms with Gasteiger partial charge in [-0.15, -0.1) is 0 Å². The van der Waals surface area contributed by atoms with Gasteiger partial charge in [0.15, 0.2) is 0 Å². The highest BCUT2D eigenvalue weighted by molar-refractivity contribution is 6.02. The number of rotatable bonds is 3. The van der Waals surface area contributed by atoms with Gasteiger partial charge in [0.05, 0.1) is 0 Å². The van der Waals surface area contributed by atoms with Crippen LogP contribution in [0.3, 0.4) is 0 Å². The van der Waals surface area contributed by atoms with Crippen molar-refractivity contribution in [1.29, 1.82) is 0 Å². The molecular formula is C24H30N2O. The van der Waals surface area contributed by atoms with Crippen molar-refractivity contribution in [2.45, 2.75) is 45.4 Å². The Balaban J connectivity index is 1.68. The number of hydrogen-bond donors (Lipinski definition) is 1. The summed E-state index contributed by atoms with van der Waals surface area (Å²) in [7, 11) is 2.10. The second kappa shape index (κ2) is 6.88. The van der Waals surface area contributed by atoms with Crippen molar-refractivity contribution in [2.75, 3.05) is 23.8 Å². The van der Waals surface area contributed by atoms with Gasteiger partial charge in [0.2, 0.25) is 5.91 Å². The van der Waals surface area contributed by atoms with Gasteiger partial charge >= 0.3 is 0 Å². The molecule has 3 nitrogen and oxygen atoms in total. The van der Waals surface area contributed by atoms with Gasteiger partial charge in [0.1, 0.15) is 0 Å². The number of amides is 1. The summed E-state index contributed by atoms with van der Waals surface area (Å²) in [6.45, 7) is 12.1. The second-order valence-electron chi connectivity index (χ2n) is 9.17. The summed E-state index contributed by atoms with van der Waals surface area (Å²) in [5.74, 6) is -0.116. The fourth-order valence-electron chi connectivity index (χ4n) is 3.71. The van der Waals surface area contributed by atoms with Crippen LogP contribution >= 0.6 is 0 Å². The maximum absolute atomic E-state index is 12.3. The van der Waals surface area contributed by atoms with E-state index in [1.807, 2.05) is 12.1 Å². The molecule has 3 heteroatoms. The first-order valence-corrected chi connectivity index (χ1v) is 9.51. The minimum Gasteiger partial charge on any atom is -0.373 e. The van der Waals surface area contributed by atoms with Crippen molar-refractivity contribution in [1.82, 2.24) is 0 Å². The highest BCUT2D eigenvalue weighted by atomic mass is 16.1. The van der Waals surface area contributed by atoms with Crippen LogP contribution in [0.25, 0.3) is 6.08 Å². The monoisotopic (exact) mass is 362 g/mol. The number of likely N-dealkylation sites (N-methyl/N-ethyl adjacent to an activating group) is 1.